The number of carbonyl (C=O) groups excluding carboxylic acids is 2. The third-order valence-corrected chi connectivity index (χ3v) is 6.68. The molecule has 2 aromatic carbocycles. The van der Waals surface area contributed by atoms with E-state index in [4.69, 9.17) is 9.47 Å². The van der Waals surface area contributed by atoms with Gasteiger partial charge in [-0.15, -0.1) is 0 Å². The van der Waals surface area contributed by atoms with Gasteiger partial charge in [-0.2, -0.15) is 0 Å². The molecule has 2 aromatic rings. The molecule has 0 bridgehead atoms. The van der Waals surface area contributed by atoms with Crippen molar-refractivity contribution in [1.29, 1.82) is 0 Å². The largest absolute Gasteiger partial charge is 0.481 e. The van der Waals surface area contributed by atoms with Gasteiger partial charge in [-0.3, -0.25) is 9.59 Å². The first-order valence-corrected chi connectivity index (χ1v) is 12.4. The number of rotatable bonds is 5. The van der Waals surface area contributed by atoms with Crippen LogP contribution in [0.15, 0.2) is 42.5 Å². The predicted molar refractivity (Wildman–Crippen MR) is 132 cm³/mol. The Balaban J connectivity index is 1.67. The van der Waals surface area contributed by atoms with Gasteiger partial charge in [0.05, 0.1) is 19.3 Å². The van der Waals surface area contributed by atoms with Crippen LogP contribution in [0.5, 0.6) is 5.75 Å². The summed E-state index contributed by atoms with van der Waals surface area (Å²) in [6.07, 6.45) is 0.675. The first-order chi connectivity index (χ1) is 16.7. The molecule has 2 amide bonds. The van der Waals surface area contributed by atoms with Crippen LogP contribution in [0.1, 0.15) is 56.8 Å². The molecule has 2 heterocycles. The van der Waals surface area contributed by atoms with E-state index in [2.05, 4.69) is 0 Å². The molecule has 35 heavy (non-hydrogen) atoms. The number of amides is 2. The van der Waals surface area contributed by atoms with Crippen molar-refractivity contribution in [3.63, 3.8) is 0 Å². The van der Waals surface area contributed by atoms with Crippen molar-refractivity contribution in [3.8, 4) is 5.75 Å². The second-order valence-electron chi connectivity index (χ2n) is 10.3. The number of halogens is 1. The van der Waals surface area contributed by atoms with Crippen molar-refractivity contribution in [3.05, 3.63) is 65.0 Å². The van der Waals surface area contributed by atoms with E-state index in [9.17, 15) is 14.0 Å². The number of morpholine rings is 1. The lowest BCUT2D eigenvalue weighted by Gasteiger charge is -2.41. The zero-order chi connectivity index (χ0) is 25.2. The Morgan fingerprint density at radius 1 is 1.09 bits per heavy atom. The van der Waals surface area contributed by atoms with Gasteiger partial charge in [-0.1, -0.05) is 45.9 Å². The SMILES string of the molecule is CCC(Oc1ccc2c(c1)C(c1ccc(F)cc1)N(C(=O)C(C)(C)C)CC2)C(=O)N1CCOCC1. The summed E-state index contributed by atoms with van der Waals surface area (Å²) in [6, 6.07) is 11.8. The van der Waals surface area contributed by atoms with E-state index in [1.54, 1.807) is 17.0 Å². The number of carbonyl (C=O) groups is 2. The van der Waals surface area contributed by atoms with Gasteiger partial charge in [0.25, 0.3) is 5.91 Å². The van der Waals surface area contributed by atoms with Crippen LogP contribution in [-0.2, 0) is 20.7 Å². The van der Waals surface area contributed by atoms with Crippen LogP contribution in [0.3, 0.4) is 0 Å². The minimum absolute atomic E-state index is 0.0341. The molecule has 188 valence electrons. The highest BCUT2D eigenvalue weighted by atomic mass is 19.1. The fourth-order valence-electron chi connectivity index (χ4n) is 4.78. The van der Waals surface area contributed by atoms with Gasteiger partial charge >= 0.3 is 0 Å². The Hall–Kier alpha value is -2.93. The first-order valence-electron chi connectivity index (χ1n) is 12.4. The molecule has 0 N–H and O–H groups in total. The Labute approximate surface area is 207 Å². The quantitative estimate of drug-likeness (QED) is 0.635. The molecule has 0 spiro atoms. The van der Waals surface area contributed by atoms with Crippen LogP contribution in [0.2, 0.25) is 0 Å². The smallest absolute Gasteiger partial charge is 0.263 e. The van der Waals surface area contributed by atoms with Gasteiger partial charge in [-0.25, -0.2) is 4.39 Å². The van der Waals surface area contributed by atoms with Crippen molar-refractivity contribution in [1.82, 2.24) is 9.80 Å². The highest BCUT2D eigenvalue weighted by Crippen LogP contribution is 2.39. The minimum Gasteiger partial charge on any atom is -0.481 e. The second-order valence-corrected chi connectivity index (χ2v) is 10.3. The van der Waals surface area contributed by atoms with Crippen molar-refractivity contribution in [2.45, 2.75) is 52.7 Å². The van der Waals surface area contributed by atoms with Gasteiger partial charge in [-0.05, 0) is 53.8 Å². The van der Waals surface area contributed by atoms with Crippen molar-refractivity contribution < 1.29 is 23.5 Å². The summed E-state index contributed by atoms with van der Waals surface area (Å²) < 4.78 is 25.3. The summed E-state index contributed by atoms with van der Waals surface area (Å²) in [4.78, 5) is 30.1. The highest BCUT2D eigenvalue weighted by Gasteiger charge is 2.37. The maximum absolute atomic E-state index is 13.7. The zero-order valence-corrected chi connectivity index (χ0v) is 21.1. The number of nitrogens with zero attached hydrogens (tertiary/aromatic N) is 2. The molecule has 0 saturated carbocycles. The third-order valence-electron chi connectivity index (χ3n) is 6.68. The molecule has 0 radical (unpaired) electrons. The fraction of sp³-hybridized carbons (Fsp3) is 0.500. The van der Waals surface area contributed by atoms with Crippen molar-refractivity contribution in [2.75, 3.05) is 32.8 Å². The second kappa shape index (κ2) is 10.4. The molecule has 0 aliphatic carbocycles. The molecule has 2 aliphatic rings. The molecule has 6 nitrogen and oxygen atoms in total. The zero-order valence-electron chi connectivity index (χ0n) is 21.1. The molecule has 4 rings (SSSR count). The number of fused-ring (bicyclic) bond motifs is 1. The molecule has 7 heteroatoms. The van der Waals surface area contributed by atoms with Crippen LogP contribution in [0.25, 0.3) is 0 Å². The molecular formula is C28H35FN2O4. The van der Waals surface area contributed by atoms with E-state index < -0.39 is 11.5 Å². The number of benzene rings is 2. The highest BCUT2D eigenvalue weighted by molar-refractivity contribution is 5.83. The Kier molecular flexibility index (Phi) is 7.45. The van der Waals surface area contributed by atoms with Crippen LogP contribution < -0.4 is 4.74 Å². The number of ether oxygens (including phenoxy) is 2. The van der Waals surface area contributed by atoms with Crippen molar-refractivity contribution >= 4 is 11.8 Å². The lowest BCUT2D eigenvalue weighted by molar-refractivity contribution is -0.143. The van der Waals surface area contributed by atoms with Gasteiger partial charge in [0.15, 0.2) is 6.10 Å². The standard InChI is InChI=1S/C28H35FN2O4/c1-5-24(26(32)30-14-16-34-17-15-30)35-22-11-8-19-12-13-31(27(33)28(2,3)4)25(23(19)18-22)20-6-9-21(29)10-7-20/h6-11,18,24-25H,5,12-17H2,1-4H3. The monoisotopic (exact) mass is 482 g/mol. The maximum Gasteiger partial charge on any atom is 0.263 e. The maximum atomic E-state index is 13.7. The molecular weight excluding hydrogens is 447 g/mol. The van der Waals surface area contributed by atoms with Crippen LogP contribution in [0, 0.1) is 11.2 Å². The van der Waals surface area contributed by atoms with Crippen LogP contribution in [0.4, 0.5) is 4.39 Å². The Bertz CT molecular complexity index is 1060. The predicted octanol–water partition coefficient (Wildman–Crippen LogP) is 4.36. The lowest BCUT2D eigenvalue weighted by atomic mass is 9.85. The molecule has 2 aliphatic heterocycles. The van der Waals surface area contributed by atoms with Gasteiger partial charge < -0.3 is 19.3 Å². The molecule has 2 unspecified atom stereocenters. The Morgan fingerprint density at radius 2 is 1.77 bits per heavy atom. The van der Waals surface area contributed by atoms with E-state index >= 15 is 0 Å². The van der Waals surface area contributed by atoms with E-state index in [1.165, 1.54) is 12.1 Å². The fourth-order valence-corrected chi connectivity index (χ4v) is 4.78. The summed E-state index contributed by atoms with van der Waals surface area (Å²) in [5, 5.41) is 0. The average Bonchev–Trinajstić information content (AvgIpc) is 2.86. The summed E-state index contributed by atoms with van der Waals surface area (Å²) in [5.41, 5.74) is 2.37. The number of hydrogen-bond donors (Lipinski definition) is 0. The van der Waals surface area contributed by atoms with E-state index in [0.29, 0.717) is 45.0 Å². The molecule has 1 saturated heterocycles. The summed E-state index contributed by atoms with van der Waals surface area (Å²) >= 11 is 0. The molecule has 0 aromatic heterocycles. The van der Waals surface area contributed by atoms with E-state index in [1.807, 2.05) is 50.8 Å². The number of hydrogen-bond acceptors (Lipinski definition) is 4. The average molecular weight is 483 g/mol. The summed E-state index contributed by atoms with van der Waals surface area (Å²) in [7, 11) is 0. The third kappa shape index (κ3) is 5.50. The summed E-state index contributed by atoms with van der Waals surface area (Å²) in [6.45, 7) is 10.5. The molecule has 1 fully saturated rings. The van der Waals surface area contributed by atoms with Gasteiger partial charge in [0, 0.05) is 25.0 Å². The Morgan fingerprint density at radius 3 is 2.40 bits per heavy atom. The summed E-state index contributed by atoms with van der Waals surface area (Å²) in [5.74, 6) is 0.281. The van der Waals surface area contributed by atoms with Crippen molar-refractivity contribution in [2.24, 2.45) is 5.41 Å². The van der Waals surface area contributed by atoms with E-state index in [-0.39, 0.29) is 23.7 Å². The van der Waals surface area contributed by atoms with Crippen LogP contribution in [-0.4, -0.2) is 60.6 Å². The lowest BCUT2D eigenvalue weighted by Crippen LogP contribution is -2.47. The topological polar surface area (TPSA) is 59.1 Å². The van der Waals surface area contributed by atoms with Gasteiger partial charge in [0.1, 0.15) is 11.6 Å². The van der Waals surface area contributed by atoms with Crippen LogP contribution >= 0.6 is 0 Å². The van der Waals surface area contributed by atoms with E-state index in [0.717, 1.165) is 23.1 Å². The first kappa shape index (κ1) is 25.2. The minimum atomic E-state index is -0.591. The normalized spacial score (nSPS) is 19.2. The van der Waals surface area contributed by atoms with Gasteiger partial charge in [0.2, 0.25) is 5.91 Å². The molecule has 2 atom stereocenters.